The fourth-order valence-electron chi connectivity index (χ4n) is 7.36. The third-order valence-corrected chi connectivity index (χ3v) is 9.71. The molecule has 0 saturated carbocycles. The standard InChI is InChI=1S/C46H34N4/c47-28-27-42(36-14-10-13-35(29-36)34-23-21-33(22-24-34)32-11-2-1-3-12-32)48-31-49-43-18-7-4-17-40(43)41-30-37(25-26-44(41)49)50-45-19-8-5-15-38(45)39-16-6-9-20-46(39)50/h1-30H,31,47H2/b28-27-,48-42+. The summed E-state index contributed by atoms with van der Waals surface area (Å²) in [5, 5.41) is 4.92. The SMILES string of the molecule is N/C=C\C(=N/Cn1c2ccccc2c2cc(-n3c4ccccc4c4ccccc43)ccc21)c1cccc(-c2ccc(-c3ccccc3)cc2)c1. The Labute approximate surface area is 290 Å². The van der Waals surface area contributed by atoms with Gasteiger partial charge >= 0.3 is 0 Å². The second-order valence-corrected chi connectivity index (χ2v) is 12.6. The molecule has 0 amide bonds. The summed E-state index contributed by atoms with van der Waals surface area (Å²) < 4.78 is 4.68. The molecule has 2 N–H and O–H groups in total. The van der Waals surface area contributed by atoms with E-state index in [4.69, 9.17) is 10.7 Å². The lowest BCUT2D eigenvalue weighted by atomic mass is 9.98. The Morgan fingerprint density at radius 1 is 0.480 bits per heavy atom. The third kappa shape index (κ3) is 5.06. The summed E-state index contributed by atoms with van der Waals surface area (Å²) in [5.41, 5.74) is 18.4. The number of nitrogens with two attached hydrogens (primary N) is 1. The van der Waals surface area contributed by atoms with Crippen molar-refractivity contribution in [3.63, 3.8) is 0 Å². The van der Waals surface area contributed by atoms with Gasteiger partial charge in [-0.15, -0.1) is 0 Å². The monoisotopic (exact) mass is 642 g/mol. The van der Waals surface area contributed by atoms with Crippen molar-refractivity contribution in [3.05, 3.63) is 188 Å². The minimum absolute atomic E-state index is 0.453. The first kappa shape index (κ1) is 29.5. The predicted molar refractivity (Wildman–Crippen MR) is 211 cm³/mol. The second-order valence-electron chi connectivity index (χ2n) is 12.6. The quantitative estimate of drug-likeness (QED) is 0.173. The summed E-state index contributed by atoms with van der Waals surface area (Å²) in [5.74, 6) is 0. The molecule has 0 spiro atoms. The third-order valence-electron chi connectivity index (χ3n) is 9.71. The average Bonchev–Trinajstić information content (AvgIpc) is 3.69. The van der Waals surface area contributed by atoms with Crippen LogP contribution in [0.3, 0.4) is 0 Å². The van der Waals surface area contributed by atoms with Gasteiger partial charge < -0.3 is 14.9 Å². The molecule has 2 aromatic heterocycles. The zero-order valence-electron chi connectivity index (χ0n) is 27.4. The summed E-state index contributed by atoms with van der Waals surface area (Å²) >= 11 is 0. The van der Waals surface area contributed by atoms with E-state index >= 15 is 0 Å². The summed E-state index contributed by atoms with van der Waals surface area (Å²) in [7, 11) is 0. The summed E-state index contributed by atoms with van der Waals surface area (Å²) in [6.45, 7) is 0.453. The zero-order chi connectivity index (χ0) is 33.4. The number of nitrogens with zero attached hydrogens (tertiary/aromatic N) is 3. The highest BCUT2D eigenvalue weighted by Gasteiger charge is 2.15. The Balaban J connectivity index is 1.10. The van der Waals surface area contributed by atoms with Crippen molar-refractivity contribution in [3.8, 4) is 27.9 Å². The van der Waals surface area contributed by atoms with E-state index in [2.05, 4.69) is 173 Å². The smallest absolute Gasteiger partial charge is 0.115 e. The van der Waals surface area contributed by atoms with Crippen molar-refractivity contribution in [1.29, 1.82) is 0 Å². The van der Waals surface area contributed by atoms with Crippen LogP contribution in [0.1, 0.15) is 5.56 Å². The van der Waals surface area contributed by atoms with Crippen molar-refractivity contribution in [2.24, 2.45) is 10.7 Å². The normalized spacial score (nSPS) is 12.2. The van der Waals surface area contributed by atoms with E-state index in [-0.39, 0.29) is 0 Å². The van der Waals surface area contributed by atoms with Crippen LogP contribution in [0.25, 0.3) is 71.6 Å². The van der Waals surface area contributed by atoms with Crippen LogP contribution in [0.4, 0.5) is 0 Å². The number of para-hydroxylation sites is 3. The molecule has 50 heavy (non-hydrogen) atoms. The highest BCUT2D eigenvalue weighted by atomic mass is 15.1. The predicted octanol–water partition coefficient (Wildman–Crippen LogP) is 11.1. The fourth-order valence-corrected chi connectivity index (χ4v) is 7.36. The number of aliphatic imine (C=N–C) groups is 1. The Kier molecular flexibility index (Phi) is 7.33. The van der Waals surface area contributed by atoms with Crippen LogP contribution in [0.2, 0.25) is 0 Å². The number of benzene rings is 7. The molecule has 0 atom stereocenters. The Hall–Kier alpha value is -6.65. The lowest BCUT2D eigenvalue weighted by molar-refractivity contribution is 0.793. The summed E-state index contributed by atoms with van der Waals surface area (Å²) in [4.78, 5) is 5.18. The number of hydrogen-bond donors (Lipinski definition) is 1. The van der Waals surface area contributed by atoms with Gasteiger partial charge in [0.25, 0.3) is 0 Å². The number of rotatable bonds is 7. The average molecular weight is 643 g/mol. The highest BCUT2D eigenvalue weighted by molar-refractivity contribution is 6.12. The maximum atomic E-state index is 5.99. The molecule has 0 aliphatic heterocycles. The van der Waals surface area contributed by atoms with E-state index in [0.717, 1.165) is 39.1 Å². The molecule has 238 valence electrons. The number of hydrogen-bond acceptors (Lipinski definition) is 2. The molecule has 9 aromatic rings. The minimum atomic E-state index is 0.453. The van der Waals surface area contributed by atoms with E-state index in [1.807, 2.05) is 12.1 Å². The van der Waals surface area contributed by atoms with Gasteiger partial charge in [-0.1, -0.05) is 127 Å². The van der Waals surface area contributed by atoms with Gasteiger partial charge in [0.05, 0.1) is 27.8 Å². The molecule has 0 aliphatic carbocycles. The number of aromatic nitrogens is 2. The Morgan fingerprint density at radius 2 is 1.02 bits per heavy atom. The van der Waals surface area contributed by atoms with Gasteiger partial charge in [0.15, 0.2) is 0 Å². The zero-order valence-corrected chi connectivity index (χ0v) is 27.4. The molecule has 7 aromatic carbocycles. The molecular formula is C46H34N4. The Bertz CT molecular complexity index is 2670. The van der Waals surface area contributed by atoms with Crippen molar-refractivity contribution < 1.29 is 0 Å². The van der Waals surface area contributed by atoms with Gasteiger partial charge in [-0.05, 0) is 77.0 Å². The van der Waals surface area contributed by atoms with Gasteiger partial charge in [-0.2, -0.15) is 0 Å². The molecule has 4 nitrogen and oxygen atoms in total. The molecular weight excluding hydrogens is 609 g/mol. The van der Waals surface area contributed by atoms with E-state index in [9.17, 15) is 0 Å². The molecule has 9 rings (SSSR count). The van der Waals surface area contributed by atoms with Crippen LogP contribution >= 0.6 is 0 Å². The van der Waals surface area contributed by atoms with Crippen LogP contribution < -0.4 is 5.73 Å². The number of allylic oxidation sites excluding steroid dienone is 1. The van der Waals surface area contributed by atoms with Gasteiger partial charge in [0.2, 0.25) is 0 Å². The van der Waals surface area contributed by atoms with Gasteiger partial charge in [-0.25, -0.2) is 0 Å². The van der Waals surface area contributed by atoms with E-state index in [1.54, 1.807) is 6.20 Å². The Morgan fingerprint density at radius 3 is 1.70 bits per heavy atom. The molecule has 0 unspecified atom stereocenters. The molecule has 0 aliphatic rings. The van der Waals surface area contributed by atoms with E-state index in [1.165, 1.54) is 43.7 Å². The van der Waals surface area contributed by atoms with Gasteiger partial charge in [-0.3, -0.25) is 4.99 Å². The van der Waals surface area contributed by atoms with Gasteiger partial charge in [0, 0.05) is 32.8 Å². The maximum absolute atomic E-state index is 5.99. The van der Waals surface area contributed by atoms with Crippen molar-refractivity contribution in [1.82, 2.24) is 9.13 Å². The molecule has 0 radical (unpaired) electrons. The van der Waals surface area contributed by atoms with Crippen LogP contribution in [0.15, 0.2) is 187 Å². The maximum Gasteiger partial charge on any atom is 0.115 e. The molecule has 2 heterocycles. The van der Waals surface area contributed by atoms with E-state index < -0.39 is 0 Å². The summed E-state index contributed by atoms with van der Waals surface area (Å²) in [6.07, 6.45) is 3.47. The lowest BCUT2D eigenvalue weighted by Crippen LogP contribution is -2.03. The van der Waals surface area contributed by atoms with Crippen molar-refractivity contribution >= 4 is 49.3 Å². The number of fused-ring (bicyclic) bond motifs is 6. The van der Waals surface area contributed by atoms with Gasteiger partial charge in [0.1, 0.15) is 6.67 Å². The van der Waals surface area contributed by atoms with Crippen LogP contribution in [-0.4, -0.2) is 14.8 Å². The lowest BCUT2D eigenvalue weighted by Gasteiger charge is -2.10. The molecule has 0 bridgehead atoms. The van der Waals surface area contributed by atoms with E-state index in [0.29, 0.717) is 6.67 Å². The van der Waals surface area contributed by atoms with Crippen LogP contribution in [-0.2, 0) is 6.67 Å². The second kappa shape index (κ2) is 12.4. The molecule has 4 heteroatoms. The highest BCUT2D eigenvalue weighted by Crippen LogP contribution is 2.35. The molecule has 0 saturated heterocycles. The molecule has 0 fully saturated rings. The summed E-state index contributed by atoms with van der Waals surface area (Å²) in [6, 6.07) is 60.4. The van der Waals surface area contributed by atoms with Crippen LogP contribution in [0.5, 0.6) is 0 Å². The topological polar surface area (TPSA) is 48.2 Å². The first-order chi connectivity index (χ1) is 24.8. The van der Waals surface area contributed by atoms with Crippen LogP contribution in [0, 0.1) is 0 Å². The largest absolute Gasteiger partial charge is 0.405 e. The minimum Gasteiger partial charge on any atom is -0.405 e. The first-order valence-corrected chi connectivity index (χ1v) is 17.0. The van der Waals surface area contributed by atoms with Crippen molar-refractivity contribution in [2.45, 2.75) is 6.67 Å². The first-order valence-electron chi connectivity index (χ1n) is 17.0. The van der Waals surface area contributed by atoms with Crippen molar-refractivity contribution in [2.75, 3.05) is 0 Å². The fraction of sp³-hybridized carbons (Fsp3) is 0.0217.